The maximum absolute atomic E-state index is 12.7. The van der Waals surface area contributed by atoms with Gasteiger partial charge in [-0.3, -0.25) is 9.88 Å². The number of anilines is 1. The molecular weight excluding hydrogens is 394 g/mol. The zero-order valence-corrected chi connectivity index (χ0v) is 15.7. The van der Waals surface area contributed by atoms with Gasteiger partial charge in [-0.25, -0.2) is 9.78 Å². The zero-order valence-electron chi connectivity index (χ0n) is 14.1. The summed E-state index contributed by atoms with van der Waals surface area (Å²) in [7, 11) is 0. The number of amides is 1. The molecule has 0 unspecified atom stereocenters. The third-order valence-electron chi connectivity index (χ3n) is 3.73. The molecule has 0 saturated heterocycles. The molecule has 5 nitrogen and oxygen atoms in total. The second-order valence-corrected chi connectivity index (χ2v) is 6.51. The van der Waals surface area contributed by atoms with E-state index in [1.54, 1.807) is 18.5 Å². The summed E-state index contributed by atoms with van der Waals surface area (Å²) < 4.78 is 6.33. The van der Waals surface area contributed by atoms with Gasteiger partial charge < -0.3 is 4.74 Å². The molecule has 1 amide bonds. The molecule has 26 heavy (non-hydrogen) atoms. The lowest BCUT2D eigenvalue weighted by atomic mass is 10.2. The molecule has 6 heteroatoms. The van der Waals surface area contributed by atoms with E-state index in [1.165, 1.54) is 4.90 Å². The van der Waals surface area contributed by atoms with Crippen LogP contribution in [-0.4, -0.2) is 22.6 Å². The number of hydrogen-bond donors (Lipinski definition) is 0. The first kappa shape index (κ1) is 18.1. The maximum atomic E-state index is 12.7. The van der Waals surface area contributed by atoms with Gasteiger partial charge in [0.1, 0.15) is 12.4 Å². The predicted molar refractivity (Wildman–Crippen MR) is 104 cm³/mol. The standard InChI is InChI=1S/C20H18BrN3O2/c21-17-9-10-19(23-14-17)24(13-11-18-8-4-5-12-22-18)20(25)26-15-16-6-2-1-3-7-16/h1-10,12,14H,11,13,15H2. The Kier molecular flexibility index (Phi) is 6.33. The Morgan fingerprint density at radius 1 is 1.00 bits per heavy atom. The van der Waals surface area contributed by atoms with Crippen LogP contribution in [0.3, 0.4) is 0 Å². The van der Waals surface area contributed by atoms with E-state index >= 15 is 0 Å². The summed E-state index contributed by atoms with van der Waals surface area (Å²) in [5.41, 5.74) is 1.85. The van der Waals surface area contributed by atoms with Crippen molar-refractivity contribution in [3.8, 4) is 0 Å². The summed E-state index contributed by atoms with van der Waals surface area (Å²) in [6.07, 6.45) is 3.58. The average Bonchev–Trinajstić information content (AvgIpc) is 2.69. The van der Waals surface area contributed by atoms with E-state index in [-0.39, 0.29) is 6.61 Å². The summed E-state index contributed by atoms with van der Waals surface area (Å²) in [4.78, 5) is 22.8. The van der Waals surface area contributed by atoms with Crippen LogP contribution in [0.5, 0.6) is 0 Å². The van der Waals surface area contributed by atoms with Gasteiger partial charge in [-0.2, -0.15) is 0 Å². The number of benzene rings is 1. The van der Waals surface area contributed by atoms with E-state index in [1.807, 2.05) is 54.6 Å². The molecule has 0 radical (unpaired) electrons. The molecule has 0 atom stereocenters. The highest BCUT2D eigenvalue weighted by Gasteiger charge is 2.19. The molecule has 0 N–H and O–H groups in total. The Morgan fingerprint density at radius 3 is 2.50 bits per heavy atom. The number of rotatable bonds is 6. The van der Waals surface area contributed by atoms with E-state index in [2.05, 4.69) is 25.9 Å². The number of hydrogen-bond acceptors (Lipinski definition) is 4. The van der Waals surface area contributed by atoms with Gasteiger partial charge in [0.25, 0.3) is 0 Å². The van der Waals surface area contributed by atoms with Crippen molar-refractivity contribution in [3.63, 3.8) is 0 Å². The first-order valence-corrected chi connectivity index (χ1v) is 9.01. The number of halogens is 1. The van der Waals surface area contributed by atoms with Crippen LogP contribution >= 0.6 is 15.9 Å². The first-order chi connectivity index (χ1) is 12.7. The summed E-state index contributed by atoms with van der Waals surface area (Å²) in [5.74, 6) is 0.544. The molecule has 0 saturated carbocycles. The SMILES string of the molecule is O=C(OCc1ccccc1)N(CCc1ccccn1)c1ccc(Br)cn1. The highest BCUT2D eigenvalue weighted by molar-refractivity contribution is 9.10. The lowest BCUT2D eigenvalue weighted by molar-refractivity contribution is 0.147. The maximum Gasteiger partial charge on any atom is 0.415 e. The zero-order chi connectivity index (χ0) is 18.2. The van der Waals surface area contributed by atoms with Crippen LogP contribution in [0.25, 0.3) is 0 Å². The van der Waals surface area contributed by atoms with E-state index in [4.69, 9.17) is 4.74 Å². The molecular formula is C20H18BrN3O2. The minimum absolute atomic E-state index is 0.219. The average molecular weight is 412 g/mol. The number of nitrogens with zero attached hydrogens (tertiary/aromatic N) is 3. The van der Waals surface area contributed by atoms with E-state index < -0.39 is 6.09 Å². The second kappa shape index (κ2) is 9.10. The van der Waals surface area contributed by atoms with Gasteiger partial charge in [0.15, 0.2) is 0 Å². The van der Waals surface area contributed by atoms with Crippen LogP contribution in [0.4, 0.5) is 10.6 Å². The molecule has 1 aromatic carbocycles. The molecule has 0 aliphatic heterocycles. The van der Waals surface area contributed by atoms with Crippen LogP contribution in [0.2, 0.25) is 0 Å². The second-order valence-electron chi connectivity index (χ2n) is 5.60. The van der Waals surface area contributed by atoms with Crippen LogP contribution in [0.1, 0.15) is 11.3 Å². The van der Waals surface area contributed by atoms with Crippen LogP contribution < -0.4 is 4.90 Å². The van der Waals surface area contributed by atoms with Gasteiger partial charge in [-0.1, -0.05) is 36.4 Å². The normalized spacial score (nSPS) is 10.3. The van der Waals surface area contributed by atoms with E-state index in [0.29, 0.717) is 18.8 Å². The van der Waals surface area contributed by atoms with Crippen molar-refractivity contribution < 1.29 is 9.53 Å². The molecule has 0 fully saturated rings. The fourth-order valence-corrected chi connectivity index (χ4v) is 2.63. The minimum Gasteiger partial charge on any atom is -0.444 e. The van der Waals surface area contributed by atoms with Crippen molar-refractivity contribution in [1.82, 2.24) is 9.97 Å². The Labute approximate surface area is 160 Å². The monoisotopic (exact) mass is 411 g/mol. The Hall–Kier alpha value is -2.73. The third kappa shape index (κ3) is 5.13. The molecule has 2 aromatic heterocycles. The largest absolute Gasteiger partial charge is 0.444 e. The van der Waals surface area contributed by atoms with Crippen molar-refractivity contribution in [1.29, 1.82) is 0 Å². The molecule has 2 heterocycles. The fourth-order valence-electron chi connectivity index (χ4n) is 2.40. The fraction of sp³-hybridized carbons (Fsp3) is 0.150. The van der Waals surface area contributed by atoms with Crippen molar-refractivity contribution in [2.45, 2.75) is 13.0 Å². The number of ether oxygens (including phenoxy) is 1. The van der Waals surface area contributed by atoms with Crippen LogP contribution in [0, 0.1) is 0 Å². The van der Waals surface area contributed by atoms with Crippen LogP contribution in [0.15, 0.2) is 77.5 Å². The molecule has 3 aromatic rings. The van der Waals surface area contributed by atoms with Crippen LogP contribution in [-0.2, 0) is 17.8 Å². The number of pyridine rings is 2. The lowest BCUT2D eigenvalue weighted by Gasteiger charge is -2.21. The summed E-state index contributed by atoms with van der Waals surface area (Å²) in [6.45, 7) is 0.648. The summed E-state index contributed by atoms with van der Waals surface area (Å²) >= 11 is 3.36. The van der Waals surface area contributed by atoms with E-state index in [0.717, 1.165) is 15.7 Å². The van der Waals surface area contributed by atoms with Gasteiger partial charge in [0.2, 0.25) is 0 Å². The quantitative estimate of drug-likeness (QED) is 0.593. The van der Waals surface area contributed by atoms with Gasteiger partial charge in [-0.05, 0) is 45.8 Å². The number of carbonyl (C=O) groups is 1. The Morgan fingerprint density at radius 2 is 1.81 bits per heavy atom. The van der Waals surface area contributed by atoms with Crippen molar-refractivity contribution in [2.75, 3.05) is 11.4 Å². The van der Waals surface area contributed by atoms with Crippen molar-refractivity contribution in [2.24, 2.45) is 0 Å². The Bertz CT molecular complexity index is 827. The topological polar surface area (TPSA) is 55.3 Å². The molecule has 3 rings (SSSR count). The Balaban J connectivity index is 1.71. The third-order valence-corrected chi connectivity index (χ3v) is 4.20. The van der Waals surface area contributed by atoms with Gasteiger partial charge in [0.05, 0.1) is 0 Å². The summed E-state index contributed by atoms with van der Waals surface area (Å²) in [5, 5.41) is 0. The van der Waals surface area contributed by atoms with Gasteiger partial charge in [0, 0.05) is 35.5 Å². The highest BCUT2D eigenvalue weighted by atomic mass is 79.9. The molecule has 132 valence electrons. The minimum atomic E-state index is -0.431. The smallest absolute Gasteiger partial charge is 0.415 e. The number of carbonyl (C=O) groups excluding carboxylic acids is 1. The van der Waals surface area contributed by atoms with Gasteiger partial charge in [-0.15, -0.1) is 0 Å². The first-order valence-electron chi connectivity index (χ1n) is 8.22. The van der Waals surface area contributed by atoms with Gasteiger partial charge >= 0.3 is 6.09 Å². The summed E-state index contributed by atoms with van der Waals surface area (Å²) in [6, 6.07) is 19.0. The molecule has 0 aliphatic rings. The number of aromatic nitrogens is 2. The van der Waals surface area contributed by atoms with Crippen molar-refractivity contribution >= 4 is 27.8 Å². The van der Waals surface area contributed by atoms with Crippen molar-refractivity contribution in [3.05, 3.63) is 88.8 Å². The predicted octanol–water partition coefficient (Wildman–Crippen LogP) is 4.63. The highest BCUT2D eigenvalue weighted by Crippen LogP contribution is 2.17. The molecule has 0 aliphatic carbocycles. The van der Waals surface area contributed by atoms with E-state index in [9.17, 15) is 4.79 Å². The molecule has 0 bridgehead atoms. The molecule has 0 spiro atoms. The lowest BCUT2D eigenvalue weighted by Crippen LogP contribution is -2.34.